The predicted octanol–water partition coefficient (Wildman–Crippen LogP) is 3.30. The van der Waals surface area contributed by atoms with E-state index in [2.05, 4.69) is 27.7 Å². The van der Waals surface area contributed by atoms with E-state index in [1.54, 1.807) is 0 Å². The molecule has 0 aromatic carbocycles. The van der Waals surface area contributed by atoms with Gasteiger partial charge in [0.15, 0.2) is 0 Å². The van der Waals surface area contributed by atoms with E-state index >= 15 is 0 Å². The second-order valence-corrected chi connectivity index (χ2v) is 10.9. The number of rotatable bonds is 2. The Hall–Kier alpha value is 1.10. The molecule has 0 aliphatic heterocycles. The van der Waals surface area contributed by atoms with Crippen molar-refractivity contribution in [1.29, 1.82) is 0 Å². The van der Waals surface area contributed by atoms with E-state index in [9.17, 15) is 0 Å². The topological polar surface area (TPSA) is 0 Å². The van der Waals surface area contributed by atoms with Crippen molar-refractivity contribution in [3.8, 4) is 0 Å². The van der Waals surface area contributed by atoms with Crippen LogP contribution < -0.4 is 0 Å². The summed E-state index contributed by atoms with van der Waals surface area (Å²) >= 11 is -0.0972. The summed E-state index contributed by atoms with van der Waals surface area (Å²) in [5.74, 6) is 0. The first kappa shape index (κ1) is 11.8. The van der Waals surface area contributed by atoms with Crippen molar-refractivity contribution >= 4 is 17.0 Å². The van der Waals surface area contributed by atoms with Crippen LogP contribution in [-0.2, 0) is 17.1 Å². The molecule has 0 aliphatic rings. The number of hydrogen-bond acceptors (Lipinski definition) is 0. The van der Waals surface area contributed by atoms with Gasteiger partial charge in [-0.2, -0.15) is 0 Å². The predicted molar refractivity (Wildman–Crippen MR) is 40.5 cm³/mol. The Balaban J connectivity index is 0. The van der Waals surface area contributed by atoms with Crippen molar-refractivity contribution < 1.29 is 17.1 Å². The van der Waals surface area contributed by atoms with Crippen LogP contribution in [0, 0.1) is 0 Å². The van der Waals surface area contributed by atoms with Gasteiger partial charge in [-0.05, 0) is 0 Å². The molecule has 0 fully saturated rings. The molecule has 2 heteroatoms. The Morgan fingerprint density at radius 1 is 0.875 bits per heavy atom. The van der Waals surface area contributed by atoms with Gasteiger partial charge in [0.1, 0.15) is 0 Å². The summed E-state index contributed by atoms with van der Waals surface area (Å²) < 4.78 is 2.12. The minimum atomic E-state index is -0.0972. The Kier molecular flexibility index (Phi) is 9.22. The summed E-state index contributed by atoms with van der Waals surface area (Å²) in [4.78, 5) is 0. The number of halogens is 1. The standard InChI is InChI=1S/2C3H7.BrH.Zn/c2*1-3-2;;/h2*3H,1-2H3;1H;. The van der Waals surface area contributed by atoms with Crippen LogP contribution in [0.5, 0.6) is 0 Å². The van der Waals surface area contributed by atoms with Crippen molar-refractivity contribution in [2.24, 2.45) is 0 Å². The van der Waals surface area contributed by atoms with Crippen LogP contribution >= 0.6 is 17.0 Å². The molecule has 0 atom stereocenters. The molecule has 0 amide bonds. The molecule has 0 aromatic heterocycles. The fourth-order valence-electron chi connectivity index (χ4n) is 0.943. The molecular formula is C6H15BrZn. The van der Waals surface area contributed by atoms with Crippen molar-refractivity contribution in [2.45, 2.75) is 36.7 Å². The molecule has 0 saturated heterocycles. The van der Waals surface area contributed by atoms with E-state index in [4.69, 9.17) is 0 Å². The van der Waals surface area contributed by atoms with Gasteiger partial charge in [-0.3, -0.25) is 0 Å². The van der Waals surface area contributed by atoms with Crippen molar-refractivity contribution in [3.05, 3.63) is 0 Å². The zero-order valence-electron chi connectivity index (χ0n) is 6.27. The molecule has 0 N–H and O–H groups in total. The van der Waals surface area contributed by atoms with Crippen LogP contribution in [0.25, 0.3) is 0 Å². The van der Waals surface area contributed by atoms with E-state index in [1.807, 2.05) is 0 Å². The number of hydrogen-bond donors (Lipinski definition) is 0. The normalized spacial score (nSPS) is 8.75. The first-order valence-corrected chi connectivity index (χ1v) is 6.55. The monoisotopic (exact) mass is 230 g/mol. The van der Waals surface area contributed by atoms with E-state index in [-0.39, 0.29) is 34.1 Å². The molecule has 0 saturated carbocycles. The summed E-state index contributed by atoms with van der Waals surface area (Å²) in [5.41, 5.74) is 0. The van der Waals surface area contributed by atoms with Gasteiger partial charge in [-0.25, -0.2) is 0 Å². The second kappa shape index (κ2) is 6.23. The Morgan fingerprint density at radius 2 is 1.12 bits per heavy atom. The van der Waals surface area contributed by atoms with Gasteiger partial charge in [0.05, 0.1) is 0 Å². The maximum atomic E-state index is 2.35. The average Bonchev–Trinajstić information content (AvgIpc) is 1.27. The molecule has 0 rings (SSSR count). The third kappa shape index (κ3) is 10.2. The Bertz CT molecular complexity index is 37.8. The van der Waals surface area contributed by atoms with Crippen LogP contribution in [0.3, 0.4) is 0 Å². The van der Waals surface area contributed by atoms with Crippen LogP contribution in [0.15, 0.2) is 0 Å². The summed E-state index contributed by atoms with van der Waals surface area (Å²) in [6.45, 7) is 9.39. The summed E-state index contributed by atoms with van der Waals surface area (Å²) in [5, 5.41) is 0. The van der Waals surface area contributed by atoms with Crippen LogP contribution in [-0.4, -0.2) is 0 Å². The van der Waals surface area contributed by atoms with Gasteiger partial charge >= 0.3 is 53.8 Å². The summed E-state index contributed by atoms with van der Waals surface area (Å²) in [7, 11) is 0. The van der Waals surface area contributed by atoms with Gasteiger partial charge in [0.2, 0.25) is 0 Å². The van der Waals surface area contributed by atoms with Gasteiger partial charge < -0.3 is 0 Å². The molecule has 48 valence electrons. The maximum absolute atomic E-state index is 2.35. The van der Waals surface area contributed by atoms with E-state index < -0.39 is 0 Å². The molecule has 0 radical (unpaired) electrons. The molecule has 0 aromatic rings. The molecule has 0 heterocycles. The Morgan fingerprint density at radius 3 is 1.12 bits per heavy atom. The van der Waals surface area contributed by atoms with Crippen LogP contribution in [0.4, 0.5) is 0 Å². The van der Waals surface area contributed by atoms with Gasteiger partial charge in [0, 0.05) is 0 Å². The molecule has 0 aliphatic carbocycles. The first-order valence-electron chi connectivity index (χ1n) is 3.13. The van der Waals surface area contributed by atoms with E-state index in [0.717, 1.165) is 9.02 Å². The minimum absolute atomic E-state index is 0. The summed E-state index contributed by atoms with van der Waals surface area (Å²) in [6, 6.07) is 0. The van der Waals surface area contributed by atoms with Crippen LogP contribution in [0.1, 0.15) is 27.7 Å². The van der Waals surface area contributed by atoms with E-state index in [0.29, 0.717) is 0 Å². The fraction of sp³-hybridized carbons (Fsp3) is 1.00. The van der Waals surface area contributed by atoms with E-state index in [1.165, 1.54) is 0 Å². The SMILES string of the molecule is Br.C[CH](C)[Zn][CH](C)C. The molecular weight excluding hydrogens is 217 g/mol. The van der Waals surface area contributed by atoms with Gasteiger partial charge in [0.25, 0.3) is 0 Å². The third-order valence-corrected chi connectivity index (χ3v) is 4.90. The van der Waals surface area contributed by atoms with Crippen molar-refractivity contribution in [3.63, 3.8) is 0 Å². The van der Waals surface area contributed by atoms with Gasteiger partial charge in [-0.15, -0.1) is 17.0 Å². The first-order chi connectivity index (χ1) is 3.13. The third-order valence-electron chi connectivity index (χ3n) is 0.943. The molecule has 0 spiro atoms. The van der Waals surface area contributed by atoms with Crippen molar-refractivity contribution in [2.75, 3.05) is 0 Å². The summed E-state index contributed by atoms with van der Waals surface area (Å²) in [6.07, 6.45) is 0. The average molecular weight is 232 g/mol. The van der Waals surface area contributed by atoms with Crippen molar-refractivity contribution in [1.82, 2.24) is 0 Å². The zero-order chi connectivity index (χ0) is 5.86. The molecule has 0 nitrogen and oxygen atoms in total. The fourth-order valence-corrected chi connectivity index (χ4v) is 4.90. The molecule has 0 bridgehead atoms. The van der Waals surface area contributed by atoms with Crippen LogP contribution in [0.2, 0.25) is 9.02 Å². The second-order valence-electron chi connectivity index (χ2n) is 3.02. The quantitative estimate of drug-likeness (QED) is 0.641. The van der Waals surface area contributed by atoms with Gasteiger partial charge in [-0.1, -0.05) is 0 Å². The Labute approximate surface area is 70.8 Å². The zero-order valence-corrected chi connectivity index (χ0v) is 11.0. The molecule has 8 heavy (non-hydrogen) atoms. The molecule has 0 unspecified atom stereocenters.